The Morgan fingerprint density at radius 2 is 2.10 bits per heavy atom. The zero-order chi connectivity index (χ0) is 13.8. The predicted octanol–water partition coefficient (Wildman–Crippen LogP) is 3.88. The predicted molar refractivity (Wildman–Crippen MR) is 90.0 cm³/mol. The van der Waals surface area contributed by atoms with Crippen LogP contribution in [0.4, 0.5) is 5.69 Å². The average Bonchev–Trinajstić information content (AvgIpc) is 2.44. The first-order valence-electron chi connectivity index (χ1n) is 6.60. The van der Waals surface area contributed by atoms with Gasteiger partial charge in [-0.15, -0.1) is 12.4 Å². The van der Waals surface area contributed by atoms with Crippen molar-refractivity contribution in [2.24, 2.45) is 5.92 Å². The van der Waals surface area contributed by atoms with Crippen molar-refractivity contribution in [3.63, 3.8) is 0 Å². The number of rotatable bonds is 3. The van der Waals surface area contributed by atoms with Gasteiger partial charge in [-0.05, 0) is 67.0 Å². The van der Waals surface area contributed by atoms with Crippen molar-refractivity contribution in [1.29, 1.82) is 0 Å². The van der Waals surface area contributed by atoms with Gasteiger partial charge in [-0.3, -0.25) is 4.79 Å². The number of piperidine rings is 1. The Labute approximate surface area is 139 Å². The normalized spacial score (nSPS) is 15.6. The van der Waals surface area contributed by atoms with Crippen molar-refractivity contribution < 1.29 is 4.79 Å². The molecule has 0 aromatic heterocycles. The molecular formula is C14H19BrCl2N2O. The molecule has 1 fully saturated rings. The van der Waals surface area contributed by atoms with Crippen LogP contribution >= 0.6 is 39.9 Å². The van der Waals surface area contributed by atoms with E-state index in [1.54, 1.807) is 0 Å². The van der Waals surface area contributed by atoms with Crippen LogP contribution in [0.2, 0.25) is 5.02 Å². The largest absolute Gasteiger partial charge is 0.317 e. The molecule has 0 spiro atoms. The molecule has 3 nitrogen and oxygen atoms in total. The number of anilines is 1. The average molecular weight is 382 g/mol. The second kappa shape index (κ2) is 8.23. The lowest BCUT2D eigenvalue weighted by Crippen LogP contribution is -2.41. The Hall–Kier alpha value is -0.290. The van der Waals surface area contributed by atoms with E-state index in [1.807, 2.05) is 30.0 Å². The smallest absolute Gasteiger partial charge is 0.230 e. The fraction of sp³-hybridized carbons (Fsp3) is 0.500. The third-order valence-corrected chi connectivity index (χ3v) is 4.70. The molecule has 1 aromatic rings. The van der Waals surface area contributed by atoms with Crippen molar-refractivity contribution in [2.45, 2.75) is 19.8 Å². The van der Waals surface area contributed by atoms with Gasteiger partial charge in [0.25, 0.3) is 0 Å². The number of hydrogen-bond acceptors (Lipinski definition) is 2. The minimum Gasteiger partial charge on any atom is -0.317 e. The summed E-state index contributed by atoms with van der Waals surface area (Å²) < 4.78 is 0.822. The van der Waals surface area contributed by atoms with Crippen LogP contribution in [0.1, 0.15) is 19.8 Å². The highest BCUT2D eigenvalue weighted by molar-refractivity contribution is 9.10. The first-order valence-corrected chi connectivity index (χ1v) is 7.77. The van der Waals surface area contributed by atoms with E-state index in [0.29, 0.717) is 11.6 Å². The number of nitrogens with zero attached hydrogens (tertiary/aromatic N) is 1. The van der Waals surface area contributed by atoms with Crippen LogP contribution in [0.5, 0.6) is 0 Å². The minimum absolute atomic E-state index is 0. The van der Waals surface area contributed by atoms with E-state index < -0.39 is 0 Å². The Balaban J connectivity index is 0.00000200. The zero-order valence-electron chi connectivity index (χ0n) is 11.4. The van der Waals surface area contributed by atoms with Gasteiger partial charge in [-0.25, -0.2) is 0 Å². The van der Waals surface area contributed by atoms with Crippen LogP contribution in [0.15, 0.2) is 22.7 Å². The van der Waals surface area contributed by atoms with Gasteiger partial charge in [0.1, 0.15) is 0 Å². The number of carbonyl (C=O) groups excluding carboxylic acids is 1. The number of hydrogen-bond donors (Lipinski definition) is 1. The summed E-state index contributed by atoms with van der Waals surface area (Å²) in [4.78, 5) is 14.4. The molecule has 1 aliphatic rings. The molecule has 0 radical (unpaired) electrons. The SMILES string of the molecule is CCN(C(=O)C1CCNCC1)c1ccc(Cl)c(Br)c1.Cl. The summed E-state index contributed by atoms with van der Waals surface area (Å²) in [5.41, 5.74) is 0.905. The van der Waals surface area contributed by atoms with Gasteiger partial charge in [0.05, 0.1) is 5.02 Å². The van der Waals surface area contributed by atoms with Crippen molar-refractivity contribution in [3.8, 4) is 0 Å². The highest BCUT2D eigenvalue weighted by Crippen LogP contribution is 2.29. The molecule has 20 heavy (non-hydrogen) atoms. The molecular weight excluding hydrogens is 363 g/mol. The molecule has 6 heteroatoms. The summed E-state index contributed by atoms with van der Waals surface area (Å²) >= 11 is 9.41. The molecule has 1 saturated heterocycles. The first kappa shape index (κ1) is 17.8. The van der Waals surface area contributed by atoms with E-state index in [2.05, 4.69) is 21.2 Å². The monoisotopic (exact) mass is 380 g/mol. The molecule has 1 aromatic carbocycles. The van der Waals surface area contributed by atoms with Gasteiger partial charge in [-0.2, -0.15) is 0 Å². The van der Waals surface area contributed by atoms with Crippen LogP contribution in [0.25, 0.3) is 0 Å². The molecule has 1 N–H and O–H groups in total. The molecule has 1 amide bonds. The molecule has 112 valence electrons. The van der Waals surface area contributed by atoms with E-state index in [0.717, 1.165) is 36.1 Å². The quantitative estimate of drug-likeness (QED) is 0.861. The van der Waals surface area contributed by atoms with E-state index in [9.17, 15) is 4.79 Å². The van der Waals surface area contributed by atoms with Crippen molar-refractivity contribution in [1.82, 2.24) is 5.32 Å². The summed E-state index contributed by atoms with van der Waals surface area (Å²) in [7, 11) is 0. The maximum Gasteiger partial charge on any atom is 0.230 e. The van der Waals surface area contributed by atoms with Crippen LogP contribution in [0.3, 0.4) is 0 Å². The number of carbonyl (C=O) groups is 1. The molecule has 0 unspecified atom stereocenters. The Kier molecular flexibility index (Phi) is 7.30. The first-order chi connectivity index (χ1) is 9.13. The number of benzene rings is 1. The van der Waals surface area contributed by atoms with Gasteiger partial charge in [-0.1, -0.05) is 11.6 Å². The zero-order valence-corrected chi connectivity index (χ0v) is 14.5. The lowest BCUT2D eigenvalue weighted by molar-refractivity contribution is -0.123. The van der Waals surface area contributed by atoms with Crippen LogP contribution in [-0.2, 0) is 4.79 Å². The molecule has 1 heterocycles. The fourth-order valence-electron chi connectivity index (χ4n) is 2.41. The van der Waals surface area contributed by atoms with E-state index in [-0.39, 0.29) is 24.2 Å². The van der Waals surface area contributed by atoms with Gasteiger partial charge in [0, 0.05) is 22.6 Å². The second-order valence-electron chi connectivity index (χ2n) is 4.71. The molecule has 0 saturated carbocycles. The fourth-order valence-corrected chi connectivity index (χ4v) is 2.89. The summed E-state index contributed by atoms with van der Waals surface area (Å²) in [5.74, 6) is 0.355. The van der Waals surface area contributed by atoms with Gasteiger partial charge in [0.2, 0.25) is 5.91 Å². The molecule has 0 aliphatic carbocycles. The van der Waals surface area contributed by atoms with Crippen LogP contribution < -0.4 is 10.2 Å². The number of halogens is 3. The second-order valence-corrected chi connectivity index (χ2v) is 5.97. The van der Waals surface area contributed by atoms with E-state index >= 15 is 0 Å². The maximum atomic E-state index is 12.6. The third-order valence-electron chi connectivity index (χ3n) is 3.49. The van der Waals surface area contributed by atoms with Crippen molar-refractivity contribution in [2.75, 3.05) is 24.5 Å². The summed E-state index contributed by atoms with van der Waals surface area (Å²) in [5, 5.41) is 3.95. The molecule has 2 rings (SSSR count). The summed E-state index contributed by atoms with van der Waals surface area (Å²) in [6.45, 7) is 4.54. The van der Waals surface area contributed by atoms with Crippen molar-refractivity contribution >= 4 is 51.5 Å². The Bertz CT molecular complexity index is 464. The standard InChI is InChI=1S/C14H18BrClN2O.ClH/c1-2-18(11-3-4-13(16)12(15)9-11)14(19)10-5-7-17-8-6-10;/h3-4,9-10,17H,2,5-8H2,1H3;1H. The van der Waals surface area contributed by atoms with Gasteiger partial charge < -0.3 is 10.2 Å². The summed E-state index contributed by atoms with van der Waals surface area (Å²) in [6, 6.07) is 5.62. The van der Waals surface area contributed by atoms with E-state index in [4.69, 9.17) is 11.6 Å². The minimum atomic E-state index is 0. The molecule has 0 atom stereocenters. The Morgan fingerprint density at radius 3 is 2.65 bits per heavy atom. The lowest BCUT2D eigenvalue weighted by Gasteiger charge is -2.29. The number of nitrogens with one attached hydrogen (secondary N) is 1. The highest BCUT2D eigenvalue weighted by atomic mass is 79.9. The van der Waals surface area contributed by atoms with E-state index in [1.165, 1.54) is 0 Å². The van der Waals surface area contributed by atoms with Crippen LogP contribution in [-0.4, -0.2) is 25.5 Å². The third kappa shape index (κ3) is 4.10. The van der Waals surface area contributed by atoms with Crippen LogP contribution in [0, 0.1) is 5.92 Å². The maximum absolute atomic E-state index is 12.6. The number of amides is 1. The highest BCUT2D eigenvalue weighted by Gasteiger charge is 2.26. The van der Waals surface area contributed by atoms with Gasteiger partial charge in [0.15, 0.2) is 0 Å². The molecule has 0 bridgehead atoms. The topological polar surface area (TPSA) is 32.3 Å². The summed E-state index contributed by atoms with van der Waals surface area (Å²) in [6.07, 6.45) is 1.84. The Morgan fingerprint density at radius 1 is 1.45 bits per heavy atom. The van der Waals surface area contributed by atoms with Gasteiger partial charge >= 0.3 is 0 Å². The molecule has 1 aliphatic heterocycles. The van der Waals surface area contributed by atoms with Crippen molar-refractivity contribution in [3.05, 3.63) is 27.7 Å². The lowest BCUT2D eigenvalue weighted by atomic mass is 9.96.